The summed E-state index contributed by atoms with van der Waals surface area (Å²) in [4.78, 5) is 7.98. The van der Waals surface area contributed by atoms with Gasteiger partial charge in [-0.15, -0.1) is 0 Å². The molecule has 0 saturated heterocycles. The van der Waals surface area contributed by atoms with Gasteiger partial charge in [0.1, 0.15) is 5.75 Å². The van der Waals surface area contributed by atoms with E-state index >= 15 is 0 Å². The fourth-order valence-electron chi connectivity index (χ4n) is 1.37. The standard InChI is InChI=1S/C12H13N3O/c1-2-9-5-3-4-6-11(9)16-12-14-7-10(13)8-15-12/h3-8H,2,13H2,1H3. The minimum absolute atomic E-state index is 0.315. The highest BCUT2D eigenvalue weighted by Gasteiger charge is 2.03. The smallest absolute Gasteiger partial charge is 0.322 e. The number of aryl methyl sites for hydroxylation is 1. The highest BCUT2D eigenvalue weighted by atomic mass is 16.5. The van der Waals surface area contributed by atoms with E-state index in [0.717, 1.165) is 17.7 Å². The number of rotatable bonds is 3. The average molecular weight is 215 g/mol. The molecule has 2 aromatic rings. The molecule has 1 aromatic heterocycles. The number of ether oxygens (including phenoxy) is 1. The molecule has 2 rings (SSSR count). The number of aromatic nitrogens is 2. The van der Waals surface area contributed by atoms with Crippen LogP contribution in [0.1, 0.15) is 12.5 Å². The molecule has 0 bridgehead atoms. The molecule has 0 fully saturated rings. The molecule has 2 N–H and O–H groups in total. The second kappa shape index (κ2) is 4.61. The molecule has 0 aliphatic rings. The lowest BCUT2D eigenvalue weighted by molar-refractivity contribution is 0.437. The fourth-order valence-corrected chi connectivity index (χ4v) is 1.37. The van der Waals surface area contributed by atoms with Crippen molar-refractivity contribution in [1.82, 2.24) is 9.97 Å². The zero-order valence-electron chi connectivity index (χ0n) is 9.05. The molecule has 1 heterocycles. The van der Waals surface area contributed by atoms with Crippen molar-refractivity contribution in [3.8, 4) is 11.8 Å². The minimum Gasteiger partial charge on any atom is -0.424 e. The number of benzene rings is 1. The summed E-state index contributed by atoms with van der Waals surface area (Å²) >= 11 is 0. The first-order valence-corrected chi connectivity index (χ1v) is 5.13. The Morgan fingerprint density at radius 2 is 1.88 bits per heavy atom. The number of para-hydroxylation sites is 1. The fraction of sp³-hybridized carbons (Fsp3) is 0.167. The van der Waals surface area contributed by atoms with Crippen molar-refractivity contribution in [1.29, 1.82) is 0 Å². The Bertz CT molecular complexity index is 468. The van der Waals surface area contributed by atoms with Crippen molar-refractivity contribution in [2.24, 2.45) is 0 Å². The first-order chi connectivity index (χ1) is 7.79. The van der Waals surface area contributed by atoms with Crippen LogP contribution in [0.25, 0.3) is 0 Å². The predicted octanol–water partition coefficient (Wildman–Crippen LogP) is 2.41. The number of hydrogen-bond donors (Lipinski definition) is 1. The molecule has 0 aliphatic carbocycles. The lowest BCUT2D eigenvalue weighted by Crippen LogP contribution is -1.96. The Kier molecular flexibility index (Phi) is 3.00. The van der Waals surface area contributed by atoms with Gasteiger partial charge in [0.15, 0.2) is 0 Å². The Balaban J connectivity index is 2.23. The van der Waals surface area contributed by atoms with Crippen LogP contribution in [-0.2, 0) is 6.42 Å². The Morgan fingerprint density at radius 1 is 1.19 bits per heavy atom. The molecule has 0 spiro atoms. The monoisotopic (exact) mass is 215 g/mol. The summed E-state index contributed by atoms with van der Waals surface area (Å²) in [5.41, 5.74) is 7.15. The maximum atomic E-state index is 5.58. The molecule has 16 heavy (non-hydrogen) atoms. The molecule has 1 aromatic carbocycles. The quantitative estimate of drug-likeness (QED) is 0.854. The van der Waals surface area contributed by atoms with Gasteiger partial charge in [-0.3, -0.25) is 0 Å². The summed E-state index contributed by atoms with van der Waals surface area (Å²) in [5, 5.41) is 0. The summed E-state index contributed by atoms with van der Waals surface area (Å²) in [6, 6.07) is 8.14. The van der Waals surface area contributed by atoms with Crippen molar-refractivity contribution in [2.45, 2.75) is 13.3 Å². The molecular weight excluding hydrogens is 202 g/mol. The SMILES string of the molecule is CCc1ccccc1Oc1ncc(N)cn1. The first-order valence-electron chi connectivity index (χ1n) is 5.13. The predicted molar refractivity (Wildman–Crippen MR) is 62.3 cm³/mol. The maximum Gasteiger partial charge on any atom is 0.322 e. The minimum atomic E-state index is 0.315. The molecule has 0 atom stereocenters. The van der Waals surface area contributed by atoms with E-state index in [4.69, 9.17) is 10.5 Å². The second-order valence-corrected chi connectivity index (χ2v) is 3.36. The lowest BCUT2D eigenvalue weighted by Gasteiger charge is -2.07. The molecular formula is C12H13N3O. The Labute approximate surface area is 94.1 Å². The van der Waals surface area contributed by atoms with Crippen molar-refractivity contribution >= 4 is 5.69 Å². The van der Waals surface area contributed by atoms with E-state index in [0.29, 0.717) is 11.7 Å². The third kappa shape index (κ3) is 2.28. The van der Waals surface area contributed by atoms with Gasteiger partial charge in [0, 0.05) is 0 Å². The van der Waals surface area contributed by atoms with Crippen LogP contribution >= 0.6 is 0 Å². The van der Waals surface area contributed by atoms with Gasteiger partial charge in [-0.05, 0) is 18.1 Å². The van der Waals surface area contributed by atoms with Gasteiger partial charge in [-0.1, -0.05) is 25.1 Å². The summed E-state index contributed by atoms with van der Waals surface area (Å²) in [7, 11) is 0. The van der Waals surface area contributed by atoms with E-state index in [1.807, 2.05) is 24.3 Å². The van der Waals surface area contributed by atoms with Crippen LogP contribution < -0.4 is 10.5 Å². The Morgan fingerprint density at radius 3 is 2.56 bits per heavy atom. The van der Waals surface area contributed by atoms with Crippen LogP contribution in [0.3, 0.4) is 0 Å². The van der Waals surface area contributed by atoms with Crippen LogP contribution in [0.4, 0.5) is 5.69 Å². The topological polar surface area (TPSA) is 61.0 Å². The van der Waals surface area contributed by atoms with E-state index in [9.17, 15) is 0 Å². The summed E-state index contributed by atoms with van der Waals surface area (Å²) in [6.07, 6.45) is 3.96. The van der Waals surface area contributed by atoms with Gasteiger partial charge in [0.05, 0.1) is 18.1 Å². The van der Waals surface area contributed by atoms with Gasteiger partial charge < -0.3 is 10.5 Å². The van der Waals surface area contributed by atoms with Crippen molar-refractivity contribution in [2.75, 3.05) is 5.73 Å². The molecule has 0 aliphatic heterocycles. The molecule has 0 radical (unpaired) electrons. The van der Waals surface area contributed by atoms with Gasteiger partial charge in [-0.2, -0.15) is 0 Å². The second-order valence-electron chi connectivity index (χ2n) is 3.36. The molecule has 82 valence electrons. The number of hydrogen-bond acceptors (Lipinski definition) is 4. The summed E-state index contributed by atoms with van der Waals surface area (Å²) in [5.74, 6) is 0.787. The number of nitrogens with zero attached hydrogens (tertiary/aromatic N) is 2. The number of nitrogen functional groups attached to an aromatic ring is 1. The molecule has 4 nitrogen and oxygen atoms in total. The largest absolute Gasteiger partial charge is 0.424 e. The van der Waals surface area contributed by atoms with Crippen LogP contribution in [0.15, 0.2) is 36.7 Å². The van der Waals surface area contributed by atoms with E-state index in [1.165, 1.54) is 12.4 Å². The van der Waals surface area contributed by atoms with E-state index in [2.05, 4.69) is 16.9 Å². The number of nitrogens with two attached hydrogens (primary N) is 1. The Hall–Kier alpha value is -2.10. The molecule has 0 unspecified atom stereocenters. The van der Waals surface area contributed by atoms with Crippen molar-refractivity contribution in [3.05, 3.63) is 42.2 Å². The van der Waals surface area contributed by atoms with E-state index in [-0.39, 0.29) is 0 Å². The lowest BCUT2D eigenvalue weighted by atomic mass is 10.1. The van der Waals surface area contributed by atoms with E-state index < -0.39 is 0 Å². The third-order valence-corrected chi connectivity index (χ3v) is 2.20. The molecule has 0 amide bonds. The third-order valence-electron chi connectivity index (χ3n) is 2.20. The van der Waals surface area contributed by atoms with Gasteiger partial charge in [-0.25, -0.2) is 9.97 Å². The van der Waals surface area contributed by atoms with Crippen molar-refractivity contribution < 1.29 is 4.74 Å². The van der Waals surface area contributed by atoms with Gasteiger partial charge >= 0.3 is 6.01 Å². The maximum absolute atomic E-state index is 5.58. The summed E-state index contributed by atoms with van der Waals surface area (Å²) in [6.45, 7) is 2.08. The van der Waals surface area contributed by atoms with E-state index in [1.54, 1.807) is 0 Å². The highest BCUT2D eigenvalue weighted by molar-refractivity contribution is 5.36. The van der Waals surface area contributed by atoms with Crippen LogP contribution in [0, 0.1) is 0 Å². The first kappa shape index (κ1) is 10.4. The number of anilines is 1. The van der Waals surface area contributed by atoms with Gasteiger partial charge in [0.25, 0.3) is 0 Å². The van der Waals surface area contributed by atoms with Gasteiger partial charge in [0.2, 0.25) is 0 Å². The zero-order valence-corrected chi connectivity index (χ0v) is 9.05. The normalized spacial score (nSPS) is 10.1. The summed E-state index contributed by atoms with van der Waals surface area (Å²) < 4.78 is 5.58. The van der Waals surface area contributed by atoms with Crippen LogP contribution in [0.2, 0.25) is 0 Å². The van der Waals surface area contributed by atoms with Crippen LogP contribution in [-0.4, -0.2) is 9.97 Å². The highest BCUT2D eigenvalue weighted by Crippen LogP contribution is 2.22. The zero-order chi connectivity index (χ0) is 11.4. The van der Waals surface area contributed by atoms with Crippen molar-refractivity contribution in [3.63, 3.8) is 0 Å². The molecule has 4 heteroatoms. The average Bonchev–Trinajstić information content (AvgIpc) is 2.33. The molecule has 0 saturated carbocycles. The van der Waals surface area contributed by atoms with Crippen LogP contribution in [0.5, 0.6) is 11.8 Å².